The first kappa shape index (κ1) is 14.9. The quantitative estimate of drug-likeness (QED) is 0.638. The van der Waals surface area contributed by atoms with E-state index < -0.39 is 0 Å². The predicted octanol–water partition coefficient (Wildman–Crippen LogP) is 4.56. The summed E-state index contributed by atoms with van der Waals surface area (Å²) in [5.74, 6) is 0.833. The molecule has 3 nitrogen and oxygen atoms in total. The molecule has 4 heteroatoms. The minimum atomic E-state index is 0.0938. The average Bonchev–Trinajstić information content (AvgIpc) is 2.49. The van der Waals surface area contributed by atoms with E-state index in [0.717, 1.165) is 34.7 Å². The normalized spacial score (nSPS) is 15.6. The largest absolute Gasteiger partial charge is 0.326 e. The lowest BCUT2D eigenvalue weighted by Gasteiger charge is -2.20. The van der Waals surface area contributed by atoms with E-state index in [0.29, 0.717) is 6.42 Å². The number of nitrogens with one attached hydrogen (secondary N) is 1. The Balaban J connectivity index is 1.74. The highest BCUT2D eigenvalue weighted by Gasteiger charge is 2.14. The second-order valence-electron chi connectivity index (χ2n) is 5.31. The first-order valence-corrected chi connectivity index (χ1v) is 8.05. The zero-order valence-electron chi connectivity index (χ0n) is 11.6. The van der Waals surface area contributed by atoms with Crippen LogP contribution in [0, 0.1) is 16.6 Å². The molecule has 0 spiro atoms. The summed E-state index contributed by atoms with van der Waals surface area (Å²) in [7, 11) is 0. The molecule has 106 valence electrons. The topological polar surface area (TPSA) is 52.9 Å². The maximum atomic E-state index is 11.9. The number of thiocyanates is 1. The molecular weight excluding hydrogens is 268 g/mol. The molecule has 0 radical (unpaired) electrons. The Morgan fingerprint density at radius 1 is 1.25 bits per heavy atom. The number of nitrogens with zero attached hydrogens (tertiary/aromatic N) is 1. The molecule has 1 aromatic rings. The van der Waals surface area contributed by atoms with Crippen molar-refractivity contribution < 1.29 is 4.79 Å². The Kier molecular flexibility index (Phi) is 5.94. The molecule has 0 atom stereocenters. The first-order valence-electron chi connectivity index (χ1n) is 7.24. The highest BCUT2D eigenvalue weighted by molar-refractivity contribution is 8.03. The van der Waals surface area contributed by atoms with Gasteiger partial charge in [-0.05, 0) is 48.4 Å². The summed E-state index contributed by atoms with van der Waals surface area (Å²) in [4.78, 5) is 12.8. The van der Waals surface area contributed by atoms with Crippen LogP contribution in [-0.4, -0.2) is 5.91 Å². The highest BCUT2D eigenvalue weighted by Crippen LogP contribution is 2.27. The smallest absolute Gasteiger partial charge is 0.224 e. The lowest BCUT2D eigenvalue weighted by atomic mass is 9.86. The number of rotatable bonds is 5. The number of benzene rings is 1. The monoisotopic (exact) mass is 288 g/mol. The van der Waals surface area contributed by atoms with Crippen molar-refractivity contribution >= 4 is 23.4 Å². The van der Waals surface area contributed by atoms with Crippen molar-refractivity contribution in [1.29, 1.82) is 5.26 Å². The lowest BCUT2D eigenvalue weighted by Crippen LogP contribution is -2.14. The molecule has 0 heterocycles. The molecule has 0 unspecified atom stereocenters. The van der Waals surface area contributed by atoms with Gasteiger partial charge in [-0.25, -0.2) is 0 Å². The number of thioether (sulfide) groups is 1. The van der Waals surface area contributed by atoms with Crippen LogP contribution < -0.4 is 5.32 Å². The number of amides is 1. The maximum Gasteiger partial charge on any atom is 0.224 e. The van der Waals surface area contributed by atoms with Crippen LogP contribution in [0.2, 0.25) is 0 Å². The minimum Gasteiger partial charge on any atom is -0.326 e. The van der Waals surface area contributed by atoms with Gasteiger partial charge in [-0.1, -0.05) is 32.1 Å². The van der Waals surface area contributed by atoms with Crippen LogP contribution in [0.4, 0.5) is 5.69 Å². The first-order chi connectivity index (χ1) is 9.78. The fraction of sp³-hybridized carbons (Fsp3) is 0.500. The van der Waals surface area contributed by atoms with E-state index in [4.69, 9.17) is 5.26 Å². The maximum absolute atomic E-state index is 11.9. The van der Waals surface area contributed by atoms with Crippen molar-refractivity contribution in [2.75, 3.05) is 5.32 Å². The summed E-state index contributed by atoms with van der Waals surface area (Å²) in [5, 5.41) is 13.5. The third-order valence-electron chi connectivity index (χ3n) is 3.81. The molecule has 0 aromatic heterocycles. The molecule has 0 aliphatic heterocycles. The Labute approximate surface area is 124 Å². The van der Waals surface area contributed by atoms with Crippen LogP contribution in [0.15, 0.2) is 29.2 Å². The second-order valence-corrected chi connectivity index (χ2v) is 6.17. The average molecular weight is 288 g/mol. The third-order valence-corrected chi connectivity index (χ3v) is 4.41. The van der Waals surface area contributed by atoms with Gasteiger partial charge in [0.15, 0.2) is 0 Å². The molecule has 1 aromatic carbocycles. The highest BCUT2D eigenvalue weighted by atomic mass is 32.2. The SMILES string of the molecule is N#CSc1ccc(NC(=O)CCC2CCCCC2)cc1. The van der Waals surface area contributed by atoms with Gasteiger partial charge in [-0.2, -0.15) is 5.26 Å². The zero-order valence-corrected chi connectivity index (χ0v) is 12.4. The number of anilines is 1. The van der Waals surface area contributed by atoms with Crippen molar-refractivity contribution in [3.8, 4) is 5.40 Å². The number of carbonyl (C=O) groups is 1. The van der Waals surface area contributed by atoms with Crippen molar-refractivity contribution in [3.05, 3.63) is 24.3 Å². The summed E-state index contributed by atoms with van der Waals surface area (Å²) in [5.41, 5.74) is 0.806. The van der Waals surface area contributed by atoms with Gasteiger partial charge in [-0.3, -0.25) is 4.79 Å². The molecule has 1 aliphatic rings. The van der Waals surface area contributed by atoms with Crippen molar-refractivity contribution in [3.63, 3.8) is 0 Å². The molecule has 1 amide bonds. The van der Waals surface area contributed by atoms with E-state index in [1.165, 1.54) is 32.1 Å². The molecule has 1 N–H and O–H groups in total. The van der Waals surface area contributed by atoms with Gasteiger partial charge >= 0.3 is 0 Å². The summed E-state index contributed by atoms with van der Waals surface area (Å²) in [6.07, 6.45) is 8.19. The van der Waals surface area contributed by atoms with Crippen LogP contribution in [-0.2, 0) is 4.79 Å². The number of carbonyl (C=O) groups excluding carboxylic acids is 1. The van der Waals surface area contributed by atoms with Crippen LogP contribution in [0.3, 0.4) is 0 Å². The Hall–Kier alpha value is -1.47. The zero-order chi connectivity index (χ0) is 14.2. The van der Waals surface area contributed by atoms with Crippen LogP contribution in [0.1, 0.15) is 44.9 Å². The fourth-order valence-corrected chi connectivity index (χ4v) is 3.07. The second kappa shape index (κ2) is 7.96. The number of nitriles is 1. The van der Waals surface area contributed by atoms with Gasteiger partial charge in [0.25, 0.3) is 0 Å². The Morgan fingerprint density at radius 2 is 1.95 bits per heavy atom. The minimum absolute atomic E-state index is 0.0938. The van der Waals surface area contributed by atoms with Gasteiger partial charge in [0.2, 0.25) is 5.91 Å². The van der Waals surface area contributed by atoms with Crippen LogP contribution in [0.25, 0.3) is 0 Å². The fourth-order valence-electron chi connectivity index (χ4n) is 2.69. The molecule has 1 aliphatic carbocycles. The molecule has 0 saturated heterocycles. The summed E-state index contributed by atoms with van der Waals surface area (Å²) in [6, 6.07) is 7.39. The Bertz CT molecular complexity index is 472. The van der Waals surface area contributed by atoms with Crippen LogP contribution in [0.5, 0.6) is 0 Å². The van der Waals surface area contributed by atoms with E-state index >= 15 is 0 Å². The molecule has 1 saturated carbocycles. The lowest BCUT2D eigenvalue weighted by molar-refractivity contribution is -0.116. The van der Waals surface area contributed by atoms with E-state index in [1.54, 1.807) is 0 Å². The standard InChI is InChI=1S/C16H20N2OS/c17-12-20-15-9-7-14(8-10-15)18-16(19)11-6-13-4-2-1-3-5-13/h7-10,13H,1-6,11H2,(H,18,19). The van der Waals surface area contributed by atoms with Crippen molar-refractivity contribution in [1.82, 2.24) is 0 Å². The van der Waals surface area contributed by atoms with Gasteiger partial charge in [0, 0.05) is 17.0 Å². The molecular formula is C16H20N2OS. The molecule has 2 rings (SSSR count). The van der Waals surface area contributed by atoms with Gasteiger partial charge < -0.3 is 5.32 Å². The van der Waals surface area contributed by atoms with Crippen LogP contribution >= 0.6 is 11.8 Å². The van der Waals surface area contributed by atoms with Gasteiger partial charge in [0.1, 0.15) is 5.40 Å². The van der Waals surface area contributed by atoms with Crippen molar-refractivity contribution in [2.45, 2.75) is 49.8 Å². The van der Waals surface area contributed by atoms with Gasteiger partial charge in [0.05, 0.1) is 0 Å². The summed E-state index contributed by atoms with van der Waals surface area (Å²) < 4.78 is 0. The molecule has 1 fully saturated rings. The van der Waals surface area contributed by atoms with E-state index in [-0.39, 0.29) is 5.91 Å². The number of hydrogen-bond donors (Lipinski definition) is 1. The summed E-state index contributed by atoms with van der Waals surface area (Å²) >= 11 is 1.12. The number of hydrogen-bond acceptors (Lipinski definition) is 3. The van der Waals surface area contributed by atoms with E-state index in [9.17, 15) is 4.79 Å². The third kappa shape index (κ3) is 4.90. The predicted molar refractivity (Wildman–Crippen MR) is 82.4 cm³/mol. The van der Waals surface area contributed by atoms with E-state index in [1.807, 2.05) is 29.7 Å². The molecule has 0 bridgehead atoms. The molecule has 20 heavy (non-hydrogen) atoms. The Morgan fingerprint density at radius 3 is 2.60 bits per heavy atom. The van der Waals surface area contributed by atoms with Crippen molar-refractivity contribution in [2.24, 2.45) is 5.92 Å². The van der Waals surface area contributed by atoms with E-state index in [2.05, 4.69) is 5.32 Å². The summed E-state index contributed by atoms with van der Waals surface area (Å²) in [6.45, 7) is 0. The van der Waals surface area contributed by atoms with Gasteiger partial charge in [-0.15, -0.1) is 0 Å².